The summed E-state index contributed by atoms with van der Waals surface area (Å²) in [5, 5.41) is 2.81. The highest BCUT2D eigenvalue weighted by molar-refractivity contribution is 7.89. The van der Waals surface area contributed by atoms with Gasteiger partial charge in [-0.15, -0.1) is 11.3 Å². The number of sulfonamides is 1. The van der Waals surface area contributed by atoms with E-state index in [2.05, 4.69) is 5.32 Å². The first kappa shape index (κ1) is 19.1. The van der Waals surface area contributed by atoms with E-state index in [0.29, 0.717) is 10.6 Å². The Labute approximate surface area is 159 Å². The molecule has 0 spiro atoms. The predicted octanol–water partition coefficient (Wildman–Crippen LogP) is 4.26. The summed E-state index contributed by atoms with van der Waals surface area (Å²) in [6.45, 7) is 1.95. The summed E-state index contributed by atoms with van der Waals surface area (Å²) >= 11 is 1.43. The van der Waals surface area contributed by atoms with Crippen LogP contribution in [-0.2, 0) is 10.0 Å². The van der Waals surface area contributed by atoms with Gasteiger partial charge in [0.05, 0.1) is 9.77 Å². The summed E-state index contributed by atoms with van der Waals surface area (Å²) in [5.74, 6) is -0.182. The molecule has 7 heteroatoms. The van der Waals surface area contributed by atoms with E-state index < -0.39 is 10.0 Å². The number of carbonyl (C=O) groups excluding carboxylic acids is 1. The minimum atomic E-state index is -3.51. The lowest BCUT2D eigenvalue weighted by Gasteiger charge is -2.30. The topological polar surface area (TPSA) is 66.5 Å². The molecule has 5 nitrogen and oxygen atoms in total. The molecule has 1 N–H and O–H groups in total. The van der Waals surface area contributed by atoms with E-state index in [0.717, 1.165) is 30.6 Å². The zero-order valence-electron chi connectivity index (χ0n) is 15.1. The zero-order chi connectivity index (χ0) is 18.7. The summed E-state index contributed by atoms with van der Waals surface area (Å²) in [6, 6.07) is 10.2. The summed E-state index contributed by atoms with van der Waals surface area (Å²) in [5.41, 5.74) is 0.584. The van der Waals surface area contributed by atoms with E-state index in [4.69, 9.17) is 0 Å². The summed E-state index contributed by atoms with van der Waals surface area (Å²) in [6.07, 6.45) is 5.19. The van der Waals surface area contributed by atoms with E-state index in [1.807, 2.05) is 13.0 Å². The Morgan fingerprint density at radius 3 is 2.31 bits per heavy atom. The molecule has 0 unspecified atom stereocenters. The Balaban J connectivity index is 1.70. The second-order valence-corrected chi connectivity index (χ2v) is 9.99. The van der Waals surface area contributed by atoms with E-state index in [-0.39, 0.29) is 16.8 Å². The van der Waals surface area contributed by atoms with Crippen LogP contribution in [0.4, 0.5) is 5.69 Å². The average molecular weight is 393 g/mol. The molecule has 0 aliphatic heterocycles. The van der Waals surface area contributed by atoms with Crippen LogP contribution in [0.3, 0.4) is 0 Å². The molecule has 140 valence electrons. The fraction of sp³-hybridized carbons (Fsp3) is 0.421. The normalized spacial score (nSPS) is 16.0. The lowest BCUT2D eigenvalue weighted by Crippen LogP contribution is -2.38. The molecule has 26 heavy (non-hydrogen) atoms. The van der Waals surface area contributed by atoms with Crippen molar-refractivity contribution in [2.24, 2.45) is 0 Å². The van der Waals surface area contributed by atoms with Crippen molar-refractivity contribution in [2.75, 3.05) is 12.4 Å². The summed E-state index contributed by atoms with van der Waals surface area (Å²) < 4.78 is 27.2. The maximum Gasteiger partial charge on any atom is 0.265 e. The lowest BCUT2D eigenvalue weighted by atomic mass is 9.96. The number of hydrogen-bond acceptors (Lipinski definition) is 4. The van der Waals surface area contributed by atoms with Crippen molar-refractivity contribution in [2.45, 2.75) is 50.0 Å². The quantitative estimate of drug-likeness (QED) is 0.827. The van der Waals surface area contributed by atoms with Crippen LogP contribution < -0.4 is 5.32 Å². The Morgan fingerprint density at radius 2 is 1.73 bits per heavy atom. The Morgan fingerprint density at radius 1 is 1.08 bits per heavy atom. The highest BCUT2D eigenvalue weighted by Crippen LogP contribution is 2.27. The van der Waals surface area contributed by atoms with Gasteiger partial charge in [0, 0.05) is 23.7 Å². The van der Waals surface area contributed by atoms with Crippen LogP contribution in [0.15, 0.2) is 41.3 Å². The average Bonchev–Trinajstić information content (AvgIpc) is 3.09. The number of nitrogens with one attached hydrogen (secondary N) is 1. The second kappa shape index (κ2) is 7.90. The van der Waals surface area contributed by atoms with Crippen LogP contribution in [0.1, 0.15) is 46.7 Å². The number of nitrogens with zero attached hydrogens (tertiary/aromatic N) is 1. The van der Waals surface area contributed by atoms with Crippen molar-refractivity contribution in [1.82, 2.24) is 4.31 Å². The number of rotatable bonds is 5. The molecule has 1 amide bonds. The first-order valence-corrected chi connectivity index (χ1v) is 11.1. The fourth-order valence-electron chi connectivity index (χ4n) is 3.27. The molecule has 0 bridgehead atoms. The lowest BCUT2D eigenvalue weighted by molar-refractivity contribution is 0.103. The Bertz CT molecular complexity index is 866. The van der Waals surface area contributed by atoms with Gasteiger partial charge in [0.2, 0.25) is 10.0 Å². The molecule has 1 fully saturated rings. The van der Waals surface area contributed by atoms with E-state index in [1.165, 1.54) is 22.1 Å². The van der Waals surface area contributed by atoms with Gasteiger partial charge in [-0.3, -0.25) is 4.79 Å². The zero-order valence-corrected chi connectivity index (χ0v) is 16.7. The molecule has 1 aliphatic carbocycles. The molecule has 0 radical (unpaired) electrons. The molecule has 2 aromatic rings. The standard InChI is InChI=1S/C19H24N2O3S2/c1-14-8-13-18(25-14)19(22)20-15-9-11-17(12-10-15)26(23,24)21(2)16-6-4-3-5-7-16/h8-13,16H,3-7H2,1-2H3,(H,20,22). The van der Waals surface area contributed by atoms with Crippen LogP contribution in [-0.4, -0.2) is 31.7 Å². The monoisotopic (exact) mass is 392 g/mol. The molecule has 0 atom stereocenters. The van der Waals surface area contributed by atoms with Gasteiger partial charge in [0.1, 0.15) is 0 Å². The molecule has 1 aromatic carbocycles. The van der Waals surface area contributed by atoms with Crippen molar-refractivity contribution in [3.8, 4) is 0 Å². The third-order valence-corrected chi connectivity index (χ3v) is 7.77. The van der Waals surface area contributed by atoms with Gasteiger partial charge in [-0.05, 0) is 56.2 Å². The fourth-order valence-corrected chi connectivity index (χ4v) is 5.45. The molecule has 1 saturated carbocycles. The number of anilines is 1. The van der Waals surface area contributed by atoms with Crippen LogP contribution in [0.25, 0.3) is 0 Å². The minimum Gasteiger partial charge on any atom is -0.321 e. The highest BCUT2D eigenvalue weighted by atomic mass is 32.2. The predicted molar refractivity (Wildman–Crippen MR) is 105 cm³/mol. The van der Waals surface area contributed by atoms with Crippen molar-refractivity contribution in [3.05, 3.63) is 46.2 Å². The largest absolute Gasteiger partial charge is 0.321 e. The van der Waals surface area contributed by atoms with Crippen LogP contribution in [0.2, 0.25) is 0 Å². The summed E-state index contributed by atoms with van der Waals surface area (Å²) in [7, 11) is -1.84. The maximum absolute atomic E-state index is 12.8. The van der Waals surface area contributed by atoms with Gasteiger partial charge in [-0.25, -0.2) is 8.42 Å². The van der Waals surface area contributed by atoms with Gasteiger partial charge >= 0.3 is 0 Å². The smallest absolute Gasteiger partial charge is 0.265 e. The summed E-state index contributed by atoms with van der Waals surface area (Å²) in [4.78, 5) is 14.2. The van der Waals surface area contributed by atoms with Crippen molar-refractivity contribution in [1.29, 1.82) is 0 Å². The van der Waals surface area contributed by atoms with Gasteiger partial charge < -0.3 is 5.32 Å². The van der Waals surface area contributed by atoms with Gasteiger partial charge in [-0.2, -0.15) is 4.31 Å². The van der Waals surface area contributed by atoms with E-state index >= 15 is 0 Å². The highest BCUT2D eigenvalue weighted by Gasteiger charge is 2.28. The Hall–Kier alpha value is -1.70. The van der Waals surface area contributed by atoms with E-state index in [9.17, 15) is 13.2 Å². The maximum atomic E-state index is 12.8. The number of amides is 1. The number of aryl methyl sites for hydroxylation is 1. The van der Waals surface area contributed by atoms with Crippen molar-refractivity contribution in [3.63, 3.8) is 0 Å². The SMILES string of the molecule is Cc1ccc(C(=O)Nc2ccc(S(=O)(=O)N(C)C3CCCCC3)cc2)s1. The molecular formula is C19H24N2O3S2. The van der Waals surface area contributed by atoms with Crippen LogP contribution in [0.5, 0.6) is 0 Å². The third kappa shape index (κ3) is 4.16. The second-order valence-electron chi connectivity index (χ2n) is 6.70. The first-order chi connectivity index (χ1) is 12.4. The van der Waals surface area contributed by atoms with Crippen molar-refractivity contribution >= 4 is 33.0 Å². The molecule has 0 saturated heterocycles. The first-order valence-electron chi connectivity index (χ1n) is 8.84. The number of carbonyl (C=O) groups is 1. The van der Waals surface area contributed by atoms with Gasteiger partial charge in [0.25, 0.3) is 5.91 Å². The minimum absolute atomic E-state index is 0.0789. The van der Waals surface area contributed by atoms with Crippen LogP contribution >= 0.6 is 11.3 Å². The molecule has 1 heterocycles. The molecule has 1 aliphatic rings. The van der Waals surface area contributed by atoms with E-state index in [1.54, 1.807) is 37.4 Å². The molecular weight excluding hydrogens is 368 g/mol. The Kier molecular flexibility index (Phi) is 5.79. The van der Waals surface area contributed by atoms with Crippen molar-refractivity contribution < 1.29 is 13.2 Å². The number of benzene rings is 1. The van der Waals surface area contributed by atoms with Crippen LogP contribution in [0, 0.1) is 6.92 Å². The number of hydrogen-bond donors (Lipinski definition) is 1. The third-order valence-electron chi connectivity index (χ3n) is 4.84. The molecule has 3 rings (SSSR count). The molecule has 1 aromatic heterocycles. The van der Waals surface area contributed by atoms with Gasteiger partial charge in [-0.1, -0.05) is 19.3 Å². The van der Waals surface area contributed by atoms with Gasteiger partial charge in [0.15, 0.2) is 0 Å². The number of thiophene rings is 1.